The lowest BCUT2D eigenvalue weighted by Gasteiger charge is -2.20. The van der Waals surface area contributed by atoms with Crippen molar-refractivity contribution < 1.29 is 9.53 Å². The number of nitrogens with one attached hydrogen (secondary N) is 1. The highest BCUT2D eigenvalue weighted by molar-refractivity contribution is 6.02. The molecule has 0 atom stereocenters. The van der Waals surface area contributed by atoms with E-state index in [0.717, 1.165) is 27.6 Å². The molecule has 4 nitrogen and oxygen atoms in total. The quantitative estimate of drug-likeness (QED) is 0.741. The van der Waals surface area contributed by atoms with Gasteiger partial charge in [-0.1, -0.05) is 6.07 Å². The summed E-state index contributed by atoms with van der Waals surface area (Å²) in [5.74, 6) is 0.866. The van der Waals surface area contributed by atoms with Crippen LogP contribution in [0, 0.1) is 6.92 Å². The monoisotopic (exact) mass is 278 g/mol. The lowest BCUT2D eigenvalue weighted by Crippen LogP contribution is -2.16. The van der Waals surface area contributed by atoms with Gasteiger partial charge in [-0.3, -0.25) is 9.89 Å². The second-order valence-corrected chi connectivity index (χ2v) is 5.38. The largest absolute Gasteiger partial charge is 0.492 e. The van der Waals surface area contributed by atoms with Crippen LogP contribution in [0.15, 0.2) is 36.5 Å². The third-order valence-corrected chi connectivity index (χ3v) is 3.86. The van der Waals surface area contributed by atoms with E-state index in [-0.39, 0.29) is 5.78 Å². The molecule has 1 aromatic heterocycles. The maximum atomic E-state index is 12.1. The van der Waals surface area contributed by atoms with Gasteiger partial charge in [-0.2, -0.15) is 5.10 Å². The van der Waals surface area contributed by atoms with Gasteiger partial charge in [0, 0.05) is 17.4 Å². The van der Waals surface area contributed by atoms with Crippen molar-refractivity contribution in [2.75, 3.05) is 6.61 Å². The summed E-state index contributed by atoms with van der Waals surface area (Å²) in [6, 6.07) is 10.1. The molecule has 2 aromatic carbocycles. The summed E-state index contributed by atoms with van der Waals surface area (Å²) >= 11 is 0. The molecule has 1 N–H and O–H groups in total. The minimum atomic E-state index is 0.158. The van der Waals surface area contributed by atoms with Gasteiger partial charge in [-0.05, 0) is 42.3 Å². The Hall–Kier alpha value is -2.62. The molecule has 0 spiro atoms. The maximum absolute atomic E-state index is 12.1. The number of carbonyl (C=O) groups excluding carboxylic acids is 1. The van der Waals surface area contributed by atoms with Crippen molar-refractivity contribution in [2.24, 2.45) is 0 Å². The Labute approximate surface area is 121 Å². The number of Topliss-reactive ketones (excluding diaryl/α,β-unsaturated/α-hetero) is 1. The molecular weight excluding hydrogens is 264 g/mol. The van der Waals surface area contributed by atoms with Crippen LogP contribution in [0.4, 0.5) is 0 Å². The summed E-state index contributed by atoms with van der Waals surface area (Å²) in [5, 5.41) is 8.03. The molecule has 1 aliphatic rings. The minimum Gasteiger partial charge on any atom is -0.492 e. The first-order chi connectivity index (χ1) is 10.2. The van der Waals surface area contributed by atoms with E-state index < -0.39 is 0 Å². The standard InChI is InChI=1S/C17H14N2O2/c1-10-6-13(17-14(7-10)16(20)4-5-21-17)11-2-3-15-12(8-11)9-18-19-15/h2-3,6-9H,4-5H2,1H3,(H,18,19). The number of carbonyl (C=O) groups is 1. The van der Waals surface area contributed by atoms with Crippen molar-refractivity contribution in [3.05, 3.63) is 47.7 Å². The van der Waals surface area contributed by atoms with Crippen LogP contribution < -0.4 is 4.74 Å². The number of hydrogen-bond donors (Lipinski definition) is 1. The fourth-order valence-corrected chi connectivity index (χ4v) is 2.84. The van der Waals surface area contributed by atoms with Gasteiger partial charge in [-0.25, -0.2) is 0 Å². The van der Waals surface area contributed by atoms with E-state index >= 15 is 0 Å². The predicted molar refractivity (Wildman–Crippen MR) is 80.7 cm³/mol. The van der Waals surface area contributed by atoms with Gasteiger partial charge in [0.2, 0.25) is 0 Å². The fraction of sp³-hybridized carbons (Fsp3) is 0.176. The molecule has 0 saturated carbocycles. The molecule has 0 radical (unpaired) electrons. The zero-order chi connectivity index (χ0) is 14.4. The van der Waals surface area contributed by atoms with Crippen molar-refractivity contribution in [1.82, 2.24) is 10.2 Å². The van der Waals surface area contributed by atoms with Crippen LogP contribution in [0.5, 0.6) is 5.75 Å². The smallest absolute Gasteiger partial charge is 0.170 e. The number of hydrogen-bond acceptors (Lipinski definition) is 3. The Balaban J connectivity index is 1.96. The van der Waals surface area contributed by atoms with Crippen molar-refractivity contribution in [2.45, 2.75) is 13.3 Å². The molecule has 4 heteroatoms. The normalized spacial score (nSPS) is 14.0. The third kappa shape index (κ3) is 1.91. The zero-order valence-corrected chi connectivity index (χ0v) is 11.6. The van der Waals surface area contributed by atoms with Crippen molar-refractivity contribution in [3.63, 3.8) is 0 Å². The third-order valence-electron chi connectivity index (χ3n) is 3.86. The second-order valence-electron chi connectivity index (χ2n) is 5.38. The second kappa shape index (κ2) is 4.45. The van der Waals surface area contributed by atoms with Crippen molar-refractivity contribution >= 4 is 16.7 Å². The first-order valence-corrected chi connectivity index (χ1v) is 6.96. The summed E-state index contributed by atoms with van der Waals surface area (Å²) in [6.07, 6.45) is 2.25. The van der Waals surface area contributed by atoms with E-state index in [0.29, 0.717) is 24.3 Å². The van der Waals surface area contributed by atoms with Crippen molar-refractivity contribution in [3.8, 4) is 16.9 Å². The van der Waals surface area contributed by atoms with E-state index in [1.54, 1.807) is 6.20 Å². The fourth-order valence-electron chi connectivity index (χ4n) is 2.84. The van der Waals surface area contributed by atoms with Crippen molar-refractivity contribution in [1.29, 1.82) is 0 Å². The first kappa shape index (κ1) is 12.1. The summed E-state index contributed by atoms with van der Waals surface area (Å²) in [6.45, 7) is 2.46. The Morgan fingerprint density at radius 2 is 2.05 bits per heavy atom. The number of aromatic amines is 1. The molecule has 3 aromatic rings. The number of fused-ring (bicyclic) bond motifs is 2. The molecule has 0 fully saturated rings. The van der Waals surface area contributed by atoms with Gasteiger partial charge < -0.3 is 4.74 Å². The number of H-pyrrole nitrogens is 1. The molecule has 0 aliphatic carbocycles. The maximum Gasteiger partial charge on any atom is 0.170 e. The summed E-state index contributed by atoms with van der Waals surface area (Å²) in [7, 11) is 0. The van der Waals surface area contributed by atoms with Crippen LogP contribution in [0.2, 0.25) is 0 Å². The number of ether oxygens (including phenoxy) is 1. The molecule has 2 heterocycles. The molecule has 21 heavy (non-hydrogen) atoms. The molecule has 0 saturated heterocycles. The van der Waals surface area contributed by atoms with Gasteiger partial charge in [0.15, 0.2) is 5.78 Å². The number of nitrogens with zero attached hydrogens (tertiary/aromatic N) is 1. The average molecular weight is 278 g/mol. The first-order valence-electron chi connectivity index (χ1n) is 6.96. The van der Waals surface area contributed by atoms with E-state index in [9.17, 15) is 4.79 Å². The highest BCUT2D eigenvalue weighted by Crippen LogP contribution is 2.38. The summed E-state index contributed by atoms with van der Waals surface area (Å²) in [5.41, 5.74) is 4.77. The Morgan fingerprint density at radius 3 is 2.95 bits per heavy atom. The topological polar surface area (TPSA) is 55.0 Å². The Morgan fingerprint density at radius 1 is 1.19 bits per heavy atom. The molecule has 4 rings (SSSR count). The Bertz CT molecular complexity index is 864. The van der Waals surface area contributed by atoms with Gasteiger partial charge in [0.1, 0.15) is 5.75 Å². The lowest BCUT2D eigenvalue weighted by atomic mass is 9.94. The molecule has 0 amide bonds. The number of rotatable bonds is 1. The van der Waals surface area contributed by atoms with Gasteiger partial charge in [0.05, 0.1) is 23.9 Å². The highest BCUT2D eigenvalue weighted by atomic mass is 16.5. The molecular formula is C17H14N2O2. The van der Waals surface area contributed by atoms with Gasteiger partial charge in [0.25, 0.3) is 0 Å². The van der Waals surface area contributed by atoms with Crippen LogP contribution in [-0.4, -0.2) is 22.6 Å². The van der Waals surface area contributed by atoms with E-state index in [1.807, 2.05) is 25.1 Å². The number of benzene rings is 2. The summed E-state index contributed by atoms with van der Waals surface area (Å²) in [4.78, 5) is 12.1. The molecule has 104 valence electrons. The molecule has 0 bridgehead atoms. The van der Waals surface area contributed by atoms with Gasteiger partial charge >= 0.3 is 0 Å². The number of aryl methyl sites for hydroxylation is 1. The SMILES string of the molecule is Cc1cc2c(c(-c3ccc4[nH]ncc4c3)c1)OCCC2=O. The molecule has 0 unspecified atom stereocenters. The lowest BCUT2D eigenvalue weighted by molar-refractivity contribution is 0.0934. The predicted octanol–water partition coefficient (Wildman–Crippen LogP) is 3.50. The highest BCUT2D eigenvalue weighted by Gasteiger charge is 2.22. The van der Waals surface area contributed by atoms with Crippen LogP contribution in [0.25, 0.3) is 22.0 Å². The Kier molecular flexibility index (Phi) is 2.57. The molecule has 1 aliphatic heterocycles. The van der Waals surface area contributed by atoms with Gasteiger partial charge in [-0.15, -0.1) is 0 Å². The average Bonchev–Trinajstić information content (AvgIpc) is 2.95. The number of ketones is 1. The van der Waals surface area contributed by atoms with Crippen LogP contribution in [0.3, 0.4) is 0 Å². The van der Waals surface area contributed by atoms with E-state index in [4.69, 9.17) is 4.74 Å². The summed E-state index contributed by atoms with van der Waals surface area (Å²) < 4.78 is 5.78. The van der Waals surface area contributed by atoms with Crippen LogP contribution in [-0.2, 0) is 0 Å². The number of aromatic nitrogens is 2. The minimum absolute atomic E-state index is 0.158. The van der Waals surface area contributed by atoms with E-state index in [2.05, 4.69) is 22.3 Å². The van der Waals surface area contributed by atoms with Crippen LogP contribution >= 0.6 is 0 Å². The van der Waals surface area contributed by atoms with E-state index in [1.165, 1.54) is 0 Å². The zero-order valence-electron chi connectivity index (χ0n) is 11.6. The van der Waals surface area contributed by atoms with Crippen LogP contribution in [0.1, 0.15) is 22.3 Å².